The molecule has 0 atom stereocenters. The average molecular weight is 377 g/mol. The van der Waals surface area contributed by atoms with Crippen molar-refractivity contribution in [1.82, 2.24) is 19.4 Å². The maximum Gasteiger partial charge on any atom is 0.248 e. The van der Waals surface area contributed by atoms with Gasteiger partial charge in [-0.15, -0.1) is 0 Å². The lowest BCUT2D eigenvalue weighted by Gasteiger charge is -2.31. The lowest BCUT2D eigenvalue weighted by atomic mass is 9.93. The van der Waals surface area contributed by atoms with E-state index < -0.39 is 5.67 Å². The number of hydrogen-bond donors (Lipinski definition) is 0. The highest BCUT2D eigenvalue weighted by Gasteiger charge is 2.47. The van der Waals surface area contributed by atoms with Crippen LogP contribution >= 0.6 is 0 Å². The molecule has 6 nitrogen and oxygen atoms in total. The third-order valence-electron chi connectivity index (χ3n) is 6.14. The molecule has 0 spiro atoms. The topological polar surface area (TPSA) is 63.4 Å². The van der Waals surface area contributed by atoms with E-state index in [0.29, 0.717) is 36.8 Å². The van der Waals surface area contributed by atoms with Crippen molar-refractivity contribution in [3.63, 3.8) is 0 Å². The molecule has 2 saturated carbocycles. The Morgan fingerprint density at radius 1 is 1.21 bits per heavy atom. The molecule has 0 unspecified atom stereocenters. The van der Waals surface area contributed by atoms with Crippen LogP contribution in [0.25, 0.3) is 5.70 Å². The van der Waals surface area contributed by atoms with Gasteiger partial charge in [0.25, 0.3) is 0 Å². The van der Waals surface area contributed by atoms with Crippen molar-refractivity contribution < 1.29 is 9.18 Å². The van der Waals surface area contributed by atoms with Gasteiger partial charge in [-0.25, -0.2) is 9.37 Å². The summed E-state index contributed by atoms with van der Waals surface area (Å²) >= 11 is 0. The molecule has 2 fully saturated rings. The highest BCUT2D eigenvalue weighted by atomic mass is 19.1. The predicted octanol–water partition coefficient (Wildman–Crippen LogP) is 2.80. The average Bonchev–Trinajstić information content (AvgIpc) is 3.63. The van der Waals surface area contributed by atoms with E-state index in [1.807, 2.05) is 23.2 Å². The second-order valence-corrected chi connectivity index (χ2v) is 8.13. The van der Waals surface area contributed by atoms with Gasteiger partial charge in [0, 0.05) is 42.2 Å². The van der Waals surface area contributed by atoms with Crippen molar-refractivity contribution in [3.8, 4) is 0 Å². The Labute approximate surface area is 161 Å². The van der Waals surface area contributed by atoms with Gasteiger partial charge in [-0.1, -0.05) is 0 Å². The minimum atomic E-state index is -1.28. The number of fused-ring (bicyclic) bond motifs is 3. The smallest absolute Gasteiger partial charge is 0.248 e. The first-order valence-corrected chi connectivity index (χ1v) is 9.91. The van der Waals surface area contributed by atoms with Crippen LogP contribution in [0.4, 0.5) is 4.39 Å². The van der Waals surface area contributed by atoms with Crippen LogP contribution in [0.3, 0.4) is 0 Å². The number of pyridine rings is 1. The van der Waals surface area contributed by atoms with Crippen LogP contribution in [0.2, 0.25) is 0 Å². The van der Waals surface area contributed by atoms with Crippen molar-refractivity contribution in [2.24, 2.45) is 4.99 Å². The zero-order valence-corrected chi connectivity index (χ0v) is 15.4. The van der Waals surface area contributed by atoms with Gasteiger partial charge in [0.05, 0.1) is 11.4 Å². The lowest BCUT2D eigenvalue weighted by Crippen LogP contribution is -2.36. The number of aromatic nitrogens is 3. The third kappa shape index (κ3) is 2.45. The number of carbonyl (C=O) groups is 1. The van der Waals surface area contributed by atoms with Gasteiger partial charge in [-0.05, 0) is 43.7 Å². The monoisotopic (exact) mass is 377 g/mol. The van der Waals surface area contributed by atoms with Gasteiger partial charge in [0.15, 0.2) is 5.67 Å². The quantitative estimate of drug-likeness (QED) is 0.808. The molecule has 0 N–H and O–H groups in total. The summed E-state index contributed by atoms with van der Waals surface area (Å²) in [7, 11) is 0. The number of imidazole rings is 1. The van der Waals surface area contributed by atoms with Gasteiger partial charge in [-0.2, -0.15) is 0 Å². The Morgan fingerprint density at radius 3 is 2.86 bits per heavy atom. The normalized spacial score (nSPS) is 22.8. The van der Waals surface area contributed by atoms with Gasteiger partial charge in [0.2, 0.25) is 5.91 Å². The molecule has 0 radical (unpaired) electrons. The van der Waals surface area contributed by atoms with Gasteiger partial charge >= 0.3 is 0 Å². The molecule has 28 heavy (non-hydrogen) atoms. The van der Waals surface area contributed by atoms with E-state index in [2.05, 4.69) is 15.0 Å². The standard InChI is InChI=1S/C21H20FN5O/c22-21(5-6-21)17-11-26(12-25-17)18-9-16-14-3-7-23-20(13-1-2-13)15(14)4-8-27(16)19(28)10-24-18/h3,7,9,11-13H,1-2,4-6,8,10H2. The first-order valence-electron chi connectivity index (χ1n) is 9.91. The van der Waals surface area contributed by atoms with E-state index in [4.69, 9.17) is 0 Å². The first kappa shape index (κ1) is 16.2. The molecule has 2 aliphatic heterocycles. The Hall–Kier alpha value is -2.83. The largest absolute Gasteiger partial charge is 0.310 e. The number of rotatable bonds is 2. The number of nitrogens with zero attached hydrogens (tertiary/aromatic N) is 5. The SMILES string of the molecule is O=C1CN=C(n2cnc(C3(F)CC3)c2)C=C2c3ccnc(C4CC4)c3CCN12. The summed E-state index contributed by atoms with van der Waals surface area (Å²) in [4.78, 5) is 27.9. The Balaban J connectivity index is 1.45. The lowest BCUT2D eigenvalue weighted by molar-refractivity contribution is -0.126. The highest BCUT2D eigenvalue weighted by molar-refractivity contribution is 6.06. The molecule has 142 valence electrons. The number of allylic oxidation sites excluding steroid dienone is 1. The van der Waals surface area contributed by atoms with E-state index in [9.17, 15) is 9.18 Å². The fraction of sp³-hybridized carbons (Fsp3) is 0.429. The van der Waals surface area contributed by atoms with Crippen LogP contribution in [0.15, 0.2) is 35.9 Å². The fourth-order valence-electron chi connectivity index (χ4n) is 4.23. The van der Waals surface area contributed by atoms with Crippen molar-refractivity contribution in [3.05, 3.63) is 53.4 Å². The molecule has 4 aliphatic rings. The van der Waals surface area contributed by atoms with Crippen LogP contribution < -0.4 is 0 Å². The molecule has 2 aromatic heterocycles. The Kier molecular flexibility index (Phi) is 3.23. The Bertz CT molecular complexity index is 1060. The zero-order valence-electron chi connectivity index (χ0n) is 15.4. The third-order valence-corrected chi connectivity index (χ3v) is 6.14. The molecule has 0 bridgehead atoms. The van der Waals surface area contributed by atoms with Crippen LogP contribution in [0, 0.1) is 0 Å². The molecular formula is C21H20FN5O. The Morgan fingerprint density at radius 2 is 2.07 bits per heavy atom. The molecule has 4 heterocycles. The number of amides is 1. The van der Waals surface area contributed by atoms with Gasteiger partial charge in [0.1, 0.15) is 18.7 Å². The summed E-state index contributed by atoms with van der Waals surface area (Å²) < 4.78 is 16.1. The van der Waals surface area contributed by atoms with Crippen molar-refractivity contribution in [2.45, 2.75) is 43.7 Å². The van der Waals surface area contributed by atoms with E-state index >= 15 is 0 Å². The molecule has 0 saturated heterocycles. The molecule has 7 heteroatoms. The van der Waals surface area contributed by atoms with E-state index in [1.165, 1.54) is 24.1 Å². The number of halogens is 1. The van der Waals surface area contributed by atoms with Crippen molar-refractivity contribution >= 4 is 17.4 Å². The molecule has 6 rings (SSSR count). The zero-order chi connectivity index (χ0) is 18.9. The van der Waals surface area contributed by atoms with Crippen LogP contribution in [-0.2, 0) is 16.9 Å². The molecule has 0 aromatic carbocycles. The number of hydrogen-bond acceptors (Lipinski definition) is 4. The maximum absolute atomic E-state index is 14.3. The van der Waals surface area contributed by atoms with E-state index in [-0.39, 0.29) is 12.5 Å². The van der Waals surface area contributed by atoms with Crippen LogP contribution in [-0.4, -0.2) is 44.3 Å². The van der Waals surface area contributed by atoms with Crippen molar-refractivity contribution in [2.75, 3.05) is 13.1 Å². The van der Waals surface area contributed by atoms with Crippen LogP contribution in [0.5, 0.6) is 0 Å². The fourth-order valence-corrected chi connectivity index (χ4v) is 4.23. The van der Waals surface area contributed by atoms with Crippen LogP contribution in [0.1, 0.15) is 54.1 Å². The molecular weight excluding hydrogens is 357 g/mol. The second kappa shape index (κ2) is 5.59. The summed E-state index contributed by atoms with van der Waals surface area (Å²) in [5.74, 6) is 1.17. The van der Waals surface area contributed by atoms with Crippen molar-refractivity contribution in [1.29, 1.82) is 0 Å². The highest BCUT2D eigenvalue weighted by Crippen LogP contribution is 2.48. The summed E-state index contributed by atoms with van der Waals surface area (Å²) in [6.07, 6.45) is 11.3. The predicted molar refractivity (Wildman–Crippen MR) is 102 cm³/mol. The van der Waals surface area contributed by atoms with E-state index in [1.54, 1.807) is 17.1 Å². The summed E-state index contributed by atoms with van der Waals surface area (Å²) in [6, 6.07) is 2.00. The minimum Gasteiger partial charge on any atom is -0.310 e. The van der Waals surface area contributed by atoms with E-state index in [0.717, 1.165) is 17.7 Å². The van der Waals surface area contributed by atoms with Gasteiger partial charge in [-0.3, -0.25) is 19.3 Å². The molecule has 2 aliphatic carbocycles. The maximum atomic E-state index is 14.3. The second-order valence-electron chi connectivity index (χ2n) is 8.13. The summed E-state index contributed by atoms with van der Waals surface area (Å²) in [5.41, 5.74) is 3.54. The van der Waals surface area contributed by atoms with Gasteiger partial charge < -0.3 is 4.90 Å². The molecule has 2 aromatic rings. The summed E-state index contributed by atoms with van der Waals surface area (Å²) in [5, 5.41) is 0. The summed E-state index contributed by atoms with van der Waals surface area (Å²) in [6.45, 7) is 0.730. The number of alkyl halides is 1. The minimum absolute atomic E-state index is 0.0128. The first-order chi connectivity index (χ1) is 13.6. The number of aliphatic imine (C=N–C) groups is 1. The number of carbonyl (C=O) groups excluding carboxylic acids is 1. The molecule has 1 amide bonds.